The summed E-state index contributed by atoms with van der Waals surface area (Å²) < 4.78 is 48.1. The number of carbonyl (C=O) groups is 2. The van der Waals surface area contributed by atoms with Crippen LogP contribution in [0.3, 0.4) is 0 Å². The van der Waals surface area contributed by atoms with Gasteiger partial charge in [0.1, 0.15) is 25.3 Å². The summed E-state index contributed by atoms with van der Waals surface area (Å²) in [5.74, 6) is -0.389. The summed E-state index contributed by atoms with van der Waals surface area (Å²) in [7, 11) is 1.76. The van der Waals surface area contributed by atoms with Gasteiger partial charge in [-0.05, 0) is 55.4 Å². The van der Waals surface area contributed by atoms with E-state index in [1.54, 1.807) is 38.3 Å². The number of rotatable bonds is 8. The minimum Gasteiger partial charge on any atom is -0.493 e. The number of benzene rings is 1. The lowest BCUT2D eigenvalue weighted by atomic mass is 9.53. The summed E-state index contributed by atoms with van der Waals surface area (Å²) in [5, 5.41) is 2.99. The van der Waals surface area contributed by atoms with E-state index in [2.05, 4.69) is 10.3 Å². The molecule has 7 nitrogen and oxygen atoms in total. The number of nitrogens with one attached hydrogen (secondary N) is 1. The highest BCUT2D eigenvalue weighted by atomic mass is 19.4. The number of primary amides is 1. The van der Waals surface area contributed by atoms with E-state index in [1.807, 2.05) is 0 Å². The van der Waals surface area contributed by atoms with Gasteiger partial charge in [0.2, 0.25) is 5.88 Å². The topological polar surface area (TPSA) is 104 Å². The lowest BCUT2D eigenvalue weighted by Gasteiger charge is -2.57. The van der Waals surface area contributed by atoms with E-state index in [4.69, 9.17) is 15.2 Å². The molecule has 2 aliphatic carbocycles. The van der Waals surface area contributed by atoms with E-state index in [9.17, 15) is 22.8 Å². The molecule has 1 heterocycles. The summed E-state index contributed by atoms with van der Waals surface area (Å²) in [6, 6.07) is 7.96. The number of hydrogen-bond acceptors (Lipinski definition) is 5. The molecular weight excluding hydrogens is 450 g/mol. The van der Waals surface area contributed by atoms with Crippen molar-refractivity contribution in [2.45, 2.75) is 50.4 Å². The molecule has 0 saturated heterocycles. The molecule has 3 N–H and O–H groups in total. The highest BCUT2D eigenvalue weighted by Gasteiger charge is 2.54. The monoisotopic (exact) mass is 475 g/mol. The molecule has 2 fully saturated rings. The van der Waals surface area contributed by atoms with Crippen molar-refractivity contribution in [1.82, 2.24) is 10.3 Å². The third kappa shape index (κ3) is 5.63. The number of halogens is 3. The van der Waals surface area contributed by atoms with Crippen LogP contribution in [0, 0.1) is 5.41 Å². The maximum absolute atomic E-state index is 12.7. The Bertz CT molecular complexity index is 1080. The first-order chi connectivity index (χ1) is 16.0. The average molecular weight is 475 g/mol. The smallest absolute Gasteiger partial charge is 0.392 e. The van der Waals surface area contributed by atoms with Crippen molar-refractivity contribution < 1.29 is 32.2 Å². The maximum atomic E-state index is 12.7. The standard InChI is InChI=1S/C23H25BF3N3O4/c24-14-6-13(7-16(8-14)33-5-3-23(25,26)27)20(32)30-15-9-22(10-15)11-17(12-22)34-21-18(19(28)31)2-1-4-29-21/h1-2,4,6-8,15,17H,3,5,9-12,24H2,(H2,28,31)(H,30,32)/t15-,17-,22?. The van der Waals surface area contributed by atoms with Crippen LogP contribution in [0.4, 0.5) is 13.2 Å². The first-order valence-electron chi connectivity index (χ1n) is 11.1. The van der Waals surface area contributed by atoms with E-state index in [-0.39, 0.29) is 40.7 Å². The molecule has 11 heteroatoms. The molecule has 0 radical (unpaired) electrons. The van der Waals surface area contributed by atoms with E-state index in [0.717, 1.165) is 31.1 Å². The van der Waals surface area contributed by atoms with Crippen LogP contribution in [0.2, 0.25) is 0 Å². The van der Waals surface area contributed by atoms with Crippen molar-refractivity contribution in [3.8, 4) is 11.6 Å². The van der Waals surface area contributed by atoms with E-state index in [1.165, 1.54) is 6.07 Å². The Balaban J connectivity index is 1.25. The van der Waals surface area contributed by atoms with Gasteiger partial charge in [0.15, 0.2) is 0 Å². The van der Waals surface area contributed by atoms with Crippen LogP contribution in [-0.2, 0) is 0 Å². The molecule has 4 rings (SSSR count). The lowest BCUT2D eigenvalue weighted by molar-refractivity contribution is -0.139. The lowest BCUT2D eigenvalue weighted by Crippen LogP contribution is -2.58. The Morgan fingerprint density at radius 3 is 2.62 bits per heavy atom. The molecule has 0 atom stereocenters. The Morgan fingerprint density at radius 2 is 1.94 bits per heavy atom. The minimum absolute atomic E-state index is 0.0135. The summed E-state index contributed by atoms with van der Waals surface area (Å²) in [6.07, 6.45) is -0.639. The number of aromatic nitrogens is 1. The predicted octanol–water partition coefficient (Wildman–Crippen LogP) is 1.89. The normalized spacial score (nSPS) is 23.5. The Kier molecular flexibility index (Phi) is 6.46. The molecule has 2 saturated carbocycles. The van der Waals surface area contributed by atoms with Crippen molar-refractivity contribution >= 4 is 25.1 Å². The zero-order chi connectivity index (χ0) is 24.5. The molecular formula is C23H25BF3N3O4. The molecule has 2 aliphatic rings. The first kappa shape index (κ1) is 23.9. The van der Waals surface area contributed by atoms with E-state index >= 15 is 0 Å². The zero-order valence-electron chi connectivity index (χ0n) is 18.7. The summed E-state index contributed by atoms with van der Waals surface area (Å²) in [4.78, 5) is 28.3. The van der Waals surface area contributed by atoms with Gasteiger partial charge in [0.25, 0.3) is 11.8 Å². The van der Waals surface area contributed by atoms with Crippen molar-refractivity contribution in [2.24, 2.45) is 11.1 Å². The molecule has 1 aromatic heterocycles. The molecule has 0 unspecified atom stereocenters. The van der Waals surface area contributed by atoms with Gasteiger partial charge >= 0.3 is 6.18 Å². The van der Waals surface area contributed by atoms with Gasteiger partial charge in [-0.1, -0.05) is 11.5 Å². The van der Waals surface area contributed by atoms with E-state index < -0.39 is 25.1 Å². The number of amides is 2. The van der Waals surface area contributed by atoms with Crippen LogP contribution in [-0.4, -0.2) is 49.6 Å². The number of nitrogens with two attached hydrogens (primary N) is 1. The molecule has 180 valence electrons. The quantitative estimate of drug-likeness (QED) is 0.568. The number of pyridine rings is 1. The number of alkyl halides is 3. The average Bonchev–Trinajstić information content (AvgIpc) is 2.69. The number of nitrogens with zero attached hydrogens (tertiary/aromatic N) is 1. The molecule has 1 aromatic carbocycles. The Hall–Kier alpha value is -3.24. The second kappa shape index (κ2) is 9.19. The highest BCUT2D eigenvalue weighted by Crippen LogP contribution is 2.56. The second-order valence-electron chi connectivity index (χ2n) is 9.20. The van der Waals surface area contributed by atoms with Crippen LogP contribution in [0.1, 0.15) is 52.8 Å². The van der Waals surface area contributed by atoms with Gasteiger partial charge in [-0.15, -0.1) is 0 Å². The van der Waals surface area contributed by atoms with Crippen LogP contribution in [0.25, 0.3) is 0 Å². The molecule has 2 amide bonds. The third-order valence-electron chi connectivity index (χ3n) is 6.30. The number of carbonyl (C=O) groups excluding carboxylic acids is 2. The highest BCUT2D eigenvalue weighted by molar-refractivity contribution is 6.32. The van der Waals surface area contributed by atoms with Crippen LogP contribution in [0.15, 0.2) is 36.5 Å². The molecule has 0 bridgehead atoms. The van der Waals surface area contributed by atoms with Crippen LogP contribution in [0.5, 0.6) is 11.6 Å². The molecule has 1 spiro atoms. The Labute approximate surface area is 195 Å². The number of hydrogen-bond donors (Lipinski definition) is 2. The van der Waals surface area contributed by atoms with Crippen LogP contribution < -0.4 is 26.0 Å². The largest absolute Gasteiger partial charge is 0.493 e. The van der Waals surface area contributed by atoms with Crippen molar-refractivity contribution in [2.75, 3.05) is 6.61 Å². The van der Waals surface area contributed by atoms with Crippen molar-refractivity contribution in [3.05, 3.63) is 47.7 Å². The first-order valence-corrected chi connectivity index (χ1v) is 11.1. The molecule has 34 heavy (non-hydrogen) atoms. The van der Waals surface area contributed by atoms with Gasteiger partial charge in [0.05, 0.1) is 13.0 Å². The fourth-order valence-corrected chi connectivity index (χ4v) is 4.76. The van der Waals surface area contributed by atoms with Gasteiger partial charge in [-0.2, -0.15) is 13.2 Å². The van der Waals surface area contributed by atoms with Gasteiger partial charge in [-0.25, -0.2) is 4.98 Å². The summed E-state index contributed by atoms with van der Waals surface area (Å²) in [5.41, 5.74) is 6.79. The Morgan fingerprint density at radius 1 is 1.21 bits per heavy atom. The molecule has 2 aromatic rings. The summed E-state index contributed by atoms with van der Waals surface area (Å²) in [6.45, 7) is -0.498. The fourth-order valence-electron chi connectivity index (χ4n) is 4.76. The van der Waals surface area contributed by atoms with Gasteiger partial charge in [0, 0.05) is 17.8 Å². The van der Waals surface area contributed by atoms with Crippen molar-refractivity contribution in [1.29, 1.82) is 0 Å². The van der Waals surface area contributed by atoms with Crippen molar-refractivity contribution in [3.63, 3.8) is 0 Å². The fraction of sp³-hybridized carbons (Fsp3) is 0.435. The maximum Gasteiger partial charge on any atom is 0.392 e. The van der Waals surface area contributed by atoms with Gasteiger partial charge < -0.3 is 20.5 Å². The zero-order valence-corrected chi connectivity index (χ0v) is 18.7. The SMILES string of the molecule is Bc1cc(OCCC(F)(F)F)cc(C(=O)N[C@H]2CC3(C2)C[C@H](Oc2ncccc2C(N)=O)C3)c1. The predicted molar refractivity (Wildman–Crippen MR) is 120 cm³/mol. The van der Waals surface area contributed by atoms with Gasteiger partial charge in [-0.3, -0.25) is 9.59 Å². The molecule has 0 aliphatic heterocycles. The van der Waals surface area contributed by atoms with E-state index in [0.29, 0.717) is 5.56 Å². The van der Waals surface area contributed by atoms with Crippen LogP contribution >= 0.6 is 0 Å². The minimum atomic E-state index is -4.29. The summed E-state index contributed by atoms with van der Waals surface area (Å²) >= 11 is 0. The number of ether oxygens (including phenoxy) is 2. The third-order valence-corrected chi connectivity index (χ3v) is 6.30. The second-order valence-corrected chi connectivity index (χ2v) is 9.20.